The third-order valence-corrected chi connectivity index (χ3v) is 2.99. The number of nitrogens with two attached hydrogens (primary N) is 1. The number of pyridine rings is 1. The molecule has 0 fully saturated rings. The molecular formula is C13H23N3O. The highest BCUT2D eigenvalue weighted by Gasteiger charge is 2.23. The van der Waals surface area contributed by atoms with Crippen molar-refractivity contribution < 1.29 is 4.74 Å². The molecule has 0 radical (unpaired) electrons. The number of hydrogen-bond donors (Lipinski definition) is 1. The van der Waals surface area contributed by atoms with Crippen LogP contribution in [0.4, 0.5) is 0 Å². The minimum Gasteiger partial charge on any atom is -0.383 e. The molecule has 0 saturated heterocycles. The van der Waals surface area contributed by atoms with Gasteiger partial charge in [0.2, 0.25) is 0 Å². The van der Waals surface area contributed by atoms with E-state index in [1.807, 2.05) is 24.4 Å². The molecule has 4 nitrogen and oxygen atoms in total. The van der Waals surface area contributed by atoms with Crippen LogP contribution in [-0.4, -0.2) is 42.7 Å². The van der Waals surface area contributed by atoms with E-state index < -0.39 is 0 Å². The summed E-state index contributed by atoms with van der Waals surface area (Å²) in [5.74, 6) is 0. The molecule has 0 aromatic carbocycles. The first kappa shape index (κ1) is 14.1. The number of methoxy groups -OCH3 is 1. The van der Waals surface area contributed by atoms with Crippen molar-refractivity contribution in [1.82, 2.24) is 9.88 Å². The summed E-state index contributed by atoms with van der Waals surface area (Å²) in [5, 5.41) is 0. The lowest BCUT2D eigenvalue weighted by Crippen LogP contribution is -2.42. The van der Waals surface area contributed by atoms with Gasteiger partial charge in [0.05, 0.1) is 18.3 Å². The number of nitrogens with zero attached hydrogens (tertiary/aromatic N) is 2. The maximum Gasteiger partial charge on any atom is 0.0647 e. The largest absolute Gasteiger partial charge is 0.383 e. The van der Waals surface area contributed by atoms with E-state index in [2.05, 4.69) is 23.7 Å². The number of ether oxygens (including phenoxy) is 1. The molecule has 1 rings (SSSR count). The molecule has 0 spiro atoms. The minimum atomic E-state index is 0.159. The average molecular weight is 237 g/mol. The minimum absolute atomic E-state index is 0.159. The smallest absolute Gasteiger partial charge is 0.0647 e. The Labute approximate surface area is 104 Å². The fourth-order valence-electron chi connectivity index (χ4n) is 2.18. The van der Waals surface area contributed by atoms with Gasteiger partial charge in [0.1, 0.15) is 0 Å². The van der Waals surface area contributed by atoms with Crippen LogP contribution in [0.1, 0.15) is 25.6 Å². The Morgan fingerprint density at radius 2 is 2.24 bits per heavy atom. The molecule has 1 aromatic rings. The fraction of sp³-hybridized carbons (Fsp3) is 0.615. The zero-order chi connectivity index (χ0) is 12.7. The van der Waals surface area contributed by atoms with Gasteiger partial charge in [-0.1, -0.05) is 13.0 Å². The monoisotopic (exact) mass is 237 g/mol. The Morgan fingerprint density at radius 1 is 1.47 bits per heavy atom. The highest BCUT2D eigenvalue weighted by molar-refractivity contribution is 5.09. The third kappa shape index (κ3) is 3.77. The Morgan fingerprint density at radius 3 is 2.71 bits per heavy atom. The van der Waals surface area contributed by atoms with Crippen LogP contribution in [0.25, 0.3) is 0 Å². The molecule has 96 valence electrons. The molecule has 4 heteroatoms. The van der Waals surface area contributed by atoms with E-state index in [9.17, 15) is 0 Å². The Balaban J connectivity index is 2.83. The highest BCUT2D eigenvalue weighted by atomic mass is 16.5. The van der Waals surface area contributed by atoms with E-state index in [1.54, 1.807) is 7.11 Å². The average Bonchev–Trinajstić information content (AvgIpc) is 2.37. The second-order valence-corrected chi connectivity index (χ2v) is 4.14. The van der Waals surface area contributed by atoms with Crippen molar-refractivity contribution in [3.63, 3.8) is 0 Å². The number of aromatic nitrogens is 1. The number of hydrogen-bond acceptors (Lipinski definition) is 4. The maximum absolute atomic E-state index is 5.89. The quantitative estimate of drug-likeness (QED) is 0.779. The molecule has 2 unspecified atom stereocenters. The molecule has 2 atom stereocenters. The second kappa shape index (κ2) is 7.37. The van der Waals surface area contributed by atoms with Crippen LogP contribution < -0.4 is 5.73 Å². The lowest BCUT2D eigenvalue weighted by molar-refractivity contribution is 0.0738. The van der Waals surface area contributed by atoms with Gasteiger partial charge in [-0.05, 0) is 25.6 Å². The van der Waals surface area contributed by atoms with Gasteiger partial charge < -0.3 is 10.5 Å². The molecule has 0 aliphatic rings. The standard InChI is InChI=1S/C13H23N3O/c1-4-16(11(2)10-17-3)13(9-14)12-7-5-6-8-15-12/h5-8,11,13H,4,9-10,14H2,1-3H3. The van der Waals surface area contributed by atoms with E-state index in [1.165, 1.54) is 0 Å². The summed E-state index contributed by atoms with van der Waals surface area (Å²) in [7, 11) is 1.72. The van der Waals surface area contributed by atoms with Crippen molar-refractivity contribution in [2.24, 2.45) is 5.73 Å². The van der Waals surface area contributed by atoms with Crippen LogP contribution in [0.2, 0.25) is 0 Å². The van der Waals surface area contributed by atoms with Crippen LogP contribution in [0.3, 0.4) is 0 Å². The highest BCUT2D eigenvalue weighted by Crippen LogP contribution is 2.19. The first-order valence-corrected chi connectivity index (χ1v) is 6.10. The Bertz CT molecular complexity index is 305. The summed E-state index contributed by atoms with van der Waals surface area (Å²) in [6, 6.07) is 6.44. The van der Waals surface area contributed by atoms with Crippen LogP contribution in [0.5, 0.6) is 0 Å². The van der Waals surface area contributed by atoms with Crippen molar-refractivity contribution in [3.8, 4) is 0 Å². The molecule has 1 aromatic heterocycles. The van der Waals surface area contributed by atoms with E-state index in [0.29, 0.717) is 19.2 Å². The summed E-state index contributed by atoms with van der Waals surface area (Å²) in [5.41, 5.74) is 6.92. The summed E-state index contributed by atoms with van der Waals surface area (Å²) >= 11 is 0. The van der Waals surface area contributed by atoms with Gasteiger partial charge >= 0.3 is 0 Å². The molecule has 1 heterocycles. The SMILES string of the molecule is CCN(C(C)COC)C(CN)c1ccccn1. The van der Waals surface area contributed by atoms with Crippen molar-refractivity contribution in [2.75, 3.05) is 26.8 Å². The van der Waals surface area contributed by atoms with Gasteiger partial charge in [-0.2, -0.15) is 0 Å². The normalized spacial score (nSPS) is 14.9. The summed E-state index contributed by atoms with van der Waals surface area (Å²) in [6.07, 6.45) is 1.81. The molecule has 0 aliphatic heterocycles. The molecule has 0 aliphatic carbocycles. The van der Waals surface area contributed by atoms with E-state index >= 15 is 0 Å². The van der Waals surface area contributed by atoms with Crippen molar-refractivity contribution in [3.05, 3.63) is 30.1 Å². The predicted molar refractivity (Wildman–Crippen MR) is 69.8 cm³/mol. The summed E-state index contributed by atoms with van der Waals surface area (Å²) in [6.45, 7) is 6.50. The van der Waals surface area contributed by atoms with Crippen LogP contribution in [-0.2, 0) is 4.74 Å². The molecule has 0 bridgehead atoms. The summed E-state index contributed by atoms with van der Waals surface area (Å²) < 4.78 is 5.21. The van der Waals surface area contributed by atoms with Gasteiger partial charge in [-0.25, -0.2) is 0 Å². The number of rotatable bonds is 7. The van der Waals surface area contributed by atoms with Gasteiger partial charge in [0, 0.05) is 25.9 Å². The third-order valence-electron chi connectivity index (χ3n) is 2.99. The Hall–Kier alpha value is -0.970. The topological polar surface area (TPSA) is 51.4 Å². The van der Waals surface area contributed by atoms with Gasteiger partial charge in [-0.15, -0.1) is 0 Å². The molecular weight excluding hydrogens is 214 g/mol. The predicted octanol–water partition coefficient (Wildman–Crippen LogP) is 1.44. The van der Waals surface area contributed by atoms with Gasteiger partial charge in [0.15, 0.2) is 0 Å². The zero-order valence-electron chi connectivity index (χ0n) is 11.0. The van der Waals surface area contributed by atoms with E-state index in [4.69, 9.17) is 10.5 Å². The zero-order valence-corrected chi connectivity index (χ0v) is 11.0. The lowest BCUT2D eigenvalue weighted by Gasteiger charge is -2.34. The number of likely N-dealkylation sites (N-methyl/N-ethyl adjacent to an activating group) is 1. The first-order chi connectivity index (χ1) is 8.24. The van der Waals surface area contributed by atoms with Crippen molar-refractivity contribution in [1.29, 1.82) is 0 Å². The second-order valence-electron chi connectivity index (χ2n) is 4.14. The molecule has 0 saturated carbocycles. The molecule has 0 amide bonds. The van der Waals surface area contributed by atoms with Crippen molar-refractivity contribution in [2.45, 2.75) is 25.9 Å². The van der Waals surface area contributed by atoms with E-state index in [0.717, 1.165) is 12.2 Å². The van der Waals surface area contributed by atoms with Gasteiger partial charge in [-0.3, -0.25) is 9.88 Å². The first-order valence-electron chi connectivity index (χ1n) is 6.10. The Kier molecular flexibility index (Phi) is 6.11. The molecule has 17 heavy (non-hydrogen) atoms. The fourth-order valence-corrected chi connectivity index (χ4v) is 2.18. The van der Waals surface area contributed by atoms with Crippen LogP contribution >= 0.6 is 0 Å². The maximum atomic E-state index is 5.89. The summed E-state index contributed by atoms with van der Waals surface area (Å²) in [4.78, 5) is 6.72. The van der Waals surface area contributed by atoms with E-state index in [-0.39, 0.29) is 6.04 Å². The van der Waals surface area contributed by atoms with Crippen LogP contribution in [0, 0.1) is 0 Å². The lowest BCUT2D eigenvalue weighted by atomic mass is 10.1. The van der Waals surface area contributed by atoms with Gasteiger partial charge in [0.25, 0.3) is 0 Å². The van der Waals surface area contributed by atoms with Crippen molar-refractivity contribution >= 4 is 0 Å². The molecule has 2 N–H and O–H groups in total. The van der Waals surface area contributed by atoms with Crippen LogP contribution in [0.15, 0.2) is 24.4 Å².